The second-order valence-electron chi connectivity index (χ2n) is 21.1. The largest absolute Gasteiger partial charge is 0.505 e. The molecule has 0 bridgehead atoms. The Hall–Kier alpha value is -2.98. The summed E-state index contributed by atoms with van der Waals surface area (Å²) in [6.07, 6.45) is 29.2. The van der Waals surface area contributed by atoms with E-state index in [0.29, 0.717) is 36.1 Å². The van der Waals surface area contributed by atoms with Gasteiger partial charge in [0.2, 0.25) is 0 Å². The number of amides is 2. The van der Waals surface area contributed by atoms with Crippen molar-refractivity contribution in [2.45, 2.75) is 221 Å². The van der Waals surface area contributed by atoms with Crippen LogP contribution in [0.2, 0.25) is 0 Å². The van der Waals surface area contributed by atoms with Crippen molar-refractivity contribution in [1.29, 1.82) is 0 Å². The molecule has 6 nitrogen and oxygen atoms in total. The molecule has 0 N–H and O–H groups in total. The Bertz CT molecular complexity index is 2050. The molecule has 0 spiro atoms. The first-order valence-electron chi connectivity index (χ1n) is 27.2. The molecule has 5 heterocycles. The molecular weight excluding hydrogens is 864 g/mol. The average molecular weight is 951 g/mol. The van der Waals surface area contributed by atoms with E-state index in [4.69, 9.17) is 9.31 Å². The van der Waals surface area contributed by atoms with E-state index >= 15 is 9.59 Å². The predicted molar refractivity (Wildman–Crippen MR) is 288 cm³/mol. The lowest BCUT2D eigenvalue weighted by Crippen LogP contribution is -2.41. The standard InChI is InChI=1S/C58H87BN2O4S2/c1-9-13-17-21-23-28-34-44(32-26-19-15-11-3)42-60-53(48-39-38-47(66-48)46-36-30-25-31-37-46)51-52(56(60)63)54(49-40-41-50(67-49)59-64-57(5,6)58(7,8)65-59)61(55(51)62)43-45(33-27-20-16-12-4)35-29-24-22-18-14-10-2/h25,30-31,36-41,44-45H,9-24,26-29,32-35,42-43H2,1-8H3. The third-order valence-corrected chi connectivity index (χ3v) is 17.4. The van der Waals surface area contributed by atoms with E-state index in [1.54, 1.807) is 22.7 Å². The maximum Gasteiger partial charge on any atom is 0.505 e. The van der Waals surface area contributed by atoms with Crippen LogP contribution < -0.4 is 4.78 Å². The number of unbranched alkanes of at least 4 members (excludes halogenated alkanes) is 16. The van der Waals surface area contributed by atoms with Gasteiger partial charge < -0.3 is 19.1 Å². The van der Waals surface area contributed by atoms with Gasteiger partial charge in [-0.15, -0.1) is 22.7 Å². The van der Waals surface area contributed by atoms with Crippen LogP contribution >= 0.6 is 22.7 Å². The molecule has 1 fully saturated rings. The Morgan fingerprint density at radius 2 is 0.851 bits per heavy atom. The lowest BCUT2D eigenvalue weighted by atomic mass is 9.88. The minimum absolute atomic E-state index is 0.00646. The highest BCUT2D eigenvalue weighted by atomic mass is 32.1. The van der Waals surface area contributed by atoms with Crippen molar-refractivity contribution in [3.8, 4) is 10.4 Å². The van der Waals surface area contributed by atoms with Gasteiger partial charge in [0.1, 0.15) is 0 Å². The van der Waals surface area contributed by atoms with Crippen molar-refractivity contribution >= 4 is 57.8 Å². The number of thiophene rings is 2. The molecule has 2 atom stereocenters. The highest BCUT2D eigenvalue weighted by molar-refractivity contribution is 7.23. The number of hydrogen-bond donors (Lipinski definition) is 0. The first-order valence-corrected chi connectivity index (χ1v) is 28.8. The molecular formula is C58H87BN2O4S2. The number of carbonyl (C=O) groups is 2. The van der Waals surface area contributed by atoms with Crippen LogP contribution in [0.3, 0.4) is 0 Å². The fraction of sp³-hybridized carbons (Fsp3) is 0.655. The van der Waals surface area contributed by atoms with Gasteiger partial charge in [0.25, 0.3) is 11.8 Å². The van der Waals surface area contributed by atoms with Gasteiger partial charge in [0, 0.05) is 22.7 Å². The van der Waals surface area contributed by atoms with Gasteiger partial charge in [-0.3, -0.25) is 9.59 Å². The summed E-state index contributed by atoms with van der Waals surface area (Å²) in [4.78, 5) is 38.7. The summed E-state index contributed by atoms with van der Waals surface area (Å²) in [5.41, 5.74) is 3.05. The second-order valence-corrected chi connectivity index (χ2v) is 23.3. The quantitative estimate of drug-likeness (QED) is 0.0462. The summed E-state index contributed by atoms with van der Waals surface area (Å²) in [5, 5.41) is 0. The number of nitrogens with zero attached hydrogens (tertiary/aromatic N) is 2. The Kier molecular flexibility index (Phi) is 20.9. The van der Waals surface area contributed by atoms with E-state index in [9.17, 15) is 0 Å². The van der Waals surface area contributed by atoms with Crippen LogP contribution in [0.1, 0.15) is 219 Å². The summed E-state index contributed by atoms with van der Waals surface area (Å²) in [6.45, 7) is 18.8. The monoisotopic (exact) mass is 951 g/mol. The fourth-order valence-electron chi connectivity index (χ4n) is 10.4. The first-order chi connectivity index (χ1) is 32.4. The van der Waals surface area contributed by atoms with E-state index in [0.717, 1.165) is 62.0 Å². The Labute approximate surface area is 415 Å². The zero-order valence-electron chi connectivity index (χ0n) is 43.2. The van der Waals surface area contributed by atoms with E-state index in [1.807, 2.05) is 0 Å². The number of benzene rings is 1. The average Bonchev–Trinajstić information content (AvgIpc) is 4.14. The van der Waals surface area contributed by atoms with Crippen molar-refractivity contribution in [2.75, 3.05) is 13.1 Å². The minimum Gasteiger partial charge on any atom is -0.399 e. The van der Waals surface area contributed by atoms with Crippen LogP contribution in [0.25, 0.3) is 21.8 Å². The topological polar surface area (TPSA) is 59.1 Å². The number of fused-ring (bicyclic) bond motifs is 1. The molecule has 6 rings (SSSR count). The smallest absolute Gasteiger partial charge is 0.399 e. The van der Waals surface area contributed by atoms with Gasteiger partial charge in [0.15, 0.2) is 0 Å². The first kappa shape index (κ1) is 53.4. The molecule has 1 saturated heterocycles. The second kappa shape index (κ2) is 26.3. The van der Waals surface area contributed by atoms with Crippen molar-refractivity contribution < 1.29 is 18.9 Å². The minimum atomic E-state index is -0.516. The molecule has 3 aliphatic rings. The normalized spacial score (nSPS) is 17.8. The summed E-state index contributed by atoms with van der Waals surface area (Å²) < 4.78 is 14.1. The SMILES string of the molecule is CCCCCCCCC(CCCCCC)CN1C(=O)C2=C(c3ccc(-c4ccccc4)s3)N(CC(CCCCCC)CCCCCCCC)C(=O)C2=C1c1ccc(B2OC(C)(C)C(C)(C)O2)s1. The van der Waals surface area contributed by atoms with Crippen LogP contribution in [-0.4, -0.2) is 53.0 Å². The lowest BCUT2D eigenvalue weighted by Gasteiger charge is -2.32. The molecule has 368 valence electrons. The predicted octanol–water partition coefficient (Wildman–Crippen LogP) is 16.3. The summed E-state index contributed by atoms with van der Waals surface area (Å²) in [5.74, 6) is 0.711. The Morgan fingerprint density at radius 3 is 1.30 bits per heavy atom. The third-order valence-electron chi connectivity index (χ3n) is 15.2. The molecule has 2 amide bonds. The van der Waals surface area contributed by atoms with Gasteiger partial charge in [-0.05, 0) is 89.0 Å². The summed E-state index contributed by atoms with van der Waals surface area (Å²) in [6, 6.07) is 19.1. The molecule has 2 aromatic heterocycles. The van der Waals surface area contributed by atoms with Gasteiger partial charge in [0.05, 0.1) is 43.5 Å². The van der Waals surface area contributed by atoms with Gasteiger partial charge in [-0.25, -0.2) is 0 Å². The van der Waals surface area contributed by atoms with E-state index in [1.165, 1.54) is 128 Å². The third kappa shape index (κ3) is 13.9. The van der Waals surface area contributed by atoms with Gasteiger partial charge in [-0.1, -0.05) is 193 Å². The molecule has 1 aromatic carbocycles. The fourth-order valence-corrected chi connectivity index (χ4v) is 12.5. The van der Waals surface area contributed by atoms with Crippen LogP contribution in [0.5, 0.6) is 0 Å². The Balaban J connectivity index is 1.43. The summed E-state index contributed by atoms with van der Waals surface area (Å²) in [7, 11) is -0.516. The van der Waals surface area contributed by atoms with E-state index in [2.05, 4.69) is 120 Å². The van der Waals surface area contributed by atoms with E-state index < -0.39 is 18.3 Å². The molecule has 0 aliphatic carbocycles. The van der Waals surface area contributed by atoms with Crippen molar-refractivity contribution in [3.63, 3.8) is 0 Å². The van der Waals surface area contributed by atoms with Crippen LogP contribution in [0.4, 0.5) is 0 Å². The molecule has 0 saturated carbocycles. The van der Waals surface area contributed by atoms with Crippen LogP contribution in [0.15, 0.2) is 65.7 Å². The van der Waals surface area contributed by atoms with Gasteiger partial charge >= 0.3 is 7.12 Å². The molecule has 9 heteroatoms. The highest BCUT2D eigenvalue weighted by Crippen LogP contribution is 2.50. The molecule has 3 aliphatic heterocycles. The molecule has 3 aromatic rings. The maximum absolute atomic E-state index is 15.7. The zero-order chi connectivity index (χ0) is 47.8. The Morgan fingerprint density at radius 1 is 0.478 bits per heavy atom. The van der Waals surface area contributed by atoms with Crippen LogP contribution in [0, 0.1) is 11.8 Å². The molecule has 2 unspecified atom stereocenters. The highest BCUT2D eigenvalue weighted by Gasteiger charge is 2.53. The number of carbonyl (C=O) groups excluding carboxylic acids is 2. The van der Waals surface area contributed by atoms with Gasteiger partial charge in [-0.2, -0.15) is 0 Å². The van der Waals surface area contributed by atoms with E-state index in [-0.39, 0.29) is 11.8 Å². The van der Waals surface area contributed by atoms with Crippen LogP contribution in [-0.2, 0) is 18.9 Å². The van der Waals surface area contributed by atoms with Crippen molar-refractivity contribution in [2.24, 2.45) is 11.8 Å². The zero-order valence-corrected chi connectivity index (χ0v) is 44.8. The number of hydrogen-bond acceptors (Lipinski definition) is 6. The van der Waals surface area contributed by atoms with Crippen molar-refractivity contribution in [1.82, 2.24) is 9.80 Å². The maximum atomic E-state index is 15.7. The van der Waals surface area contributed by atoms with Crippen molar-refractivity contribution in [3.05, 3.63) is 75.5 Å². The lowest BCUT2D eigenvalue weighted by molar-refractivity contribution is -0.124. The summed E-state index contributed by atoms with van der Waals surface area (Å²) >= 11 is 3.33. The molecule has 0 radical (unpaired) electrons. The molecule has 67 heavy (non-hydrogen) atoms. The number of rotatable bonds is 32.